The normalized spacial score (nSPS) is 22.2. The van der Waals surface area contributed by atoms with Crippen molar-refractivity contribution in [1.82, 2.24) is 5.32 Å². The molecule has 2 atom stereocenters. The molecule has 5 nitrogen and oxygen atoms in total. The van der Waals surface area contributed by atoms with Crippen LogP contribution in [0, 0.1) is 0 Å². The lowest BCUT2D eigenvalue weighted by Gasteiger charge is -2.15. The molecule has 0 aromatic heterocycles. The summed E-state index contributed by atoms with van der Waals surface area (Å²) in [6.07, 6.45) is 0. The summed E-state index contributed by atoms with van der Waals surface area (Å²) in [7, 11) is 1.59. The van der Waals surface area contributed by atoms with Gasteiger partial charge in [0.15, 0.2) is 11.5 Å². The highest BCUT2D eigenvalue weighted by atomic mass is 32.2. The lowest BCUT2D eigenvalue weighted by Crippen LogP contribution is -2.33. The molecule has 6 heteroatoms. The van der Waals surface area contributed by atoms with E-state index in [9.17, 15) is 4.79 Å². The number of ether oxygens (including phenoxy) is 2. The van der Waals surface area contributed by atoms with Gasteiger partial charge < -0.3 is 14.6 Å². The van der Waals surface area contributed by atoms with Crippen LogP contribution in [0.15, 0.2) is 18.2 Å². The van der Waals surface area contributed by atoms with E-state index in [0.717, 1.165) is 5.56 Å². The molecule has 0 amide bonds. The minimum absolute atomic E-state index is 0.0225. The van der Waals surface area contributed by atoms with Gasteiger partial charge in [-0.3, -0.25) is 10.1 Å². The first-order valence-electron chi connectivity index (χ1n) is 6.07. The minimum atomic E-state index is -0.812. The lowest BCUT2D eigenvalue weighted by molar-refractivity contribution is -0.138. The maximum Gasteiger partial charge on any atom is 0.321 e. The zero-order valence-corrected chi connectivity index (χ0v) is 11.7. The van der Waals surface area contributed by atoms with Crippen LogP contribution in [0.1, 0.15) is 17.9 Å². The van der Waals surface area contributed by atoms with E-state index in [1.54, 1.807) is 18.9 Å². The Bertz CT molecular complexity index is 466. The van der Waals surface area contributed by atoms with Crippen molar-refractivity contribution in [3.8, 4) is 11.5 Å². The Balaban J connectivity index is 2.15. The molecule has 19 heavy (non-hydrogen) atoms. The third-order valence-corrected chi connectivity index (χ3v) is 4.14. The Labute approximate surface area is 116 Å². The molecular formula is C13H17NO4S. The van der Waals surface area contributed by atoms with Gasteiger partial charge in [-0.15, -0.1) is 11.8 Å². The van der Waals surface area contributed by atoms with Gasteiger partial charge in [0.25, 0.3) is 0 Å². The third kappa shape index (κ3) is 3.13. The summed E-state index contributed by atoms with van der Waals surface area (Å²) in [5.41, 5.74) is 0.994. The van der Waals surface area contributed by atoms with Gasteiger partial charge in [-0.25, -0.2) is 0 Å². The summed E-state index contributed by atoms with van der Waals surface area (Å²) in [6, 6.07) is 5.18. The van der Waals surface area contributed by atoms with Gasteiger partial charge in [0, 0.05) is 5.75 Å². The van der Waals surface area contributed by atoms with Crippen molar-refractivity contribution < 1.29 is 19.4 Å². The molecule has 1 saturated heterocycles. The first-order valence-corrected chi connectivity index (χ1v) is 7.11. The number of aliphatic carboxylic acids is 1. The molecule has 0 aliphatic carbocycles. The summed E-state index contributed by atoms with van der Waals surface area (Å²) in [5.74, 6) is 1.12. The van der Waals surface area contributed by atoms with E-state index >= 15 is 0 Å². The predicted molar refractivity (Wildman–Crippen MR) is 73.9 cm³/mol. The summed E-state index contributed by atoms with van der Waals surface area (Å²) in [6.45, 7) is 2.49. The number of hydrogen-bond acceptors (Lipinski definition) is 5. The van der Waals surface area contributed by atoms with E-state index in [2.05, 4.69) is 5.32 Å². The number of thioether (sulfide) groups is 1. The van der Waals surface area contributed by atoms with Crippen LogP contribution in [0.2, 0.25) is 0 Å². The van der Waals surface area contributed by atoms with Crippen molar-refractivity contribution in [2.24, 2.45) is 0 Å². The fraction of sp³-hybridized carbons (Fsp3) is 0.462. The summed E-state index contributed by atoms with van der Waals surface area (Å²) in [4.78, 5) is 10.9. The van der Waals surface area contributed by atoms with Gasteiger partial charge in [0.1, 0.15) is 6.04 Å². The Morgan fingerprint density at radius 2 is 2.32 bits per heavy atom. The summed E-state index contributed by atoms with van der Waals surface area (Å²) < 4.78 is 10.8. The quantitative estimate of drug-likeness (QED) is 0.860. The largest absolute Gasteiger partial charge is 0.493 e. The second-order valence-electron chi connectivity index (χ2n) is 4.11. The SMILES string of the molecule is CCOc1ccc([C@H]2N[C@@H](C(=O)O)CS2)cc1OC. The maximum atomic E-state index is 10.9. The monoisotopic (exact) mass is 283 g/mol. The molecule has 1 aliphatic rings. The van der Waals surface area contributed by atoms with Crippen LogP contribution in [-0.4, -0.2) is 36.6 Å². The number of rotatable bonds is 5. The number of methoxy groups -OCH3 is 1. The smallest absolute Gasteiger partial charge is 0.321 e. The summed E-state index contributed by atoms with van der Waals surface area (Å²) in [5, 5.41) is 12.0. The average molecular weight is 283 g/mol. The Kier molecular flexibility index (Phi) is 4.55. The second kappa shape index (κ2) is 6.16. The molecule has 2 rings (SSSR count). The van der Waals surface area contributed by atoms with Crippen LogP contribution in [0.25, 0.3) is 0 Å². The lowest BCUT2D eigenvalue weighted by atomic mass is 10.2. The van der Waals surface area contributed by atoms with Crippen molar-refractivity contribution in [1.29, 1.82) is 0 Å². The van der Waals surface area contributed by atoms with Gasteiger partial charge in [-0.05, 0) is 24.6 Å². The van der Waals surface area contributed by atoms with Gasteiger partial charge >= 0.3 is 5.97 Å². The molecule has 0 spiro atoms. The van der Waals surface area contributed by atoms with Crippen molar-refractivity contribution in [3.63, 3.8) is 0 Å². The van der Waals surface area contributed by atoms with Crippen LogP contribution in [-0.2, 0) is 4.79 Å². The van der Waals surface area contributed by atoms with E-state index in [4.69, 9.17) is 14.6 Å². The molecule has 0 radical (unpaired) electrons. The van der Waals surface area contributed by atoms with Crippen molar-refractivity contribution >= 4 is 17.7 Å². The number of carboxylic acid groups (broad SMARTS) is 1. The molecule has 0 unspecified atom stereocenters. The van der Waals surface area contributed by atoms with Gasteiger partial charge in [0.2, 0.25) is 0 Å². The number of carboxylic acids is 1. The molecule has 1 aliphatic heterocycles. The molecule has 1 aromatic rings. The Hall–Kier alpha value is -1.40. The van der Waals surface area contributed by atoms with Crippen LogP contribution in [0.3, 0.4) is 0 Å². The summed E-state index contributed by atoms with van der Waals surface area (Å²) >= 11 is 1.58. The van der Waals surface area contributed by atoms with E-state index < -0.39 is 12.0 Å². The third-order valence-electron chi connectivity index (χ3n) is 2.87. The van der Waals surface area contributed by atoms with E-state index in [0.29, 0.717) is 23.9 Å². The Morgan fingerprint density at radius 3 is 2.89 bits per heavy atom. The fourth-order valence-electron chi connectivity index (χ4n) is 1.93. The fourth-order valence-corrected chi connectivity index (χ4v) is 3.15. The van der Waals surface area contributed by atoms with Gasteiger partial charge in [0.05, 0.1) is 19.1 Å². The molecule has 2 N–H and O–H groups in total. The van der Waals surface area contributed by atoms with Crippen LogP contribution in [0.5, 0.6) is 11.5 Å². The molecule has 1 aromatic carbocycles. The first kappa shape index (κ1) is 14.0. The number of hydrogen-bond donors (Lipinski definition) is 2. The topological polar surface area (TPSA) is 67.8 Å². The van der Waals surface area contributed by atoms with Gasteiger partial charge in [-0.1, -0.05) is 6.07 Å². The standard InChI is InChI=1S/C13H17NO4S/c1-3-18-10-5-4-8(6-11(10)17-2)12-14-9(7-19-12)13(15)16/h4-6,9,12,14H,3,7H2,1-2H3,(H,15,16)/t9-,12+/m1/s1. The highest BCUT2D eigenvalue weighted by Gasteiger charge is 2.30. The molecule has 0 bridgehead atoms. The second-order valence-corrected chi connectivity index (χ2v) is 5.25. The van der Waals surface area contributed by atoms with Crippen LogP contribution in [0.4, 0.5) is 0 Å². The van der Waals surface area contributed by atoms with Crippen molar-refractivity contribution in [2.45, 2.75) is 18.3 Å². The van der Waals surface area contributed by atoms with Gasteiger partial charge in [-0.2, -0.15) is 0 Å². The number of benzene rings is 1. The molecule has 1 fully saturated rings. The van der Waals surface area contributed by atoms with Crippen LogP contribution >= 0.6 is 11.8 Å². The highest BCUT2D eigenvalue weighted by molar-refractivity contribution is 7.99. The maximum absolute atomic E-state index is 10.9. The minimum Gasteiger partial charge on any atom is -0.493 e. The van der Waals surface area contributed by atoms with Crippen molar-refractivity contribution in [3.05, 3.63) is 23.8 Å². The van der Waals surface area contributed by atoms with E-state index in [1.807, 2.05) is 25.1 Å². The highest BCUT2D eigenvalue weighted by Crippen LogP contribution is 2.37. The zero-order valence-electron chi connectivity index (χ0n) is 10.9. The number of nitrogens with one attached hydrogen (secondary N) is 1. The first-order chi connectivity index (χ1) is 9.15. The number of carbonyl (C=O) groups is 1. The predicted octanol–water partition coefficient (Wildman–Crippen LogP) is 1.88. The van der Waals surface area contributed by atoms with E-state index in [-0.39, 0.29) is 5.37 Å². The van der Waals surface area contributed by atoms with Crippen molar-refractivity contribution in [2.75, 3.05) is 19.5 Å². The molecule has 104 valence electrons. The Morgan fingerprint density at radius 1 is 1.53 bits per heavy atom. The average Bonchev–Trinajstić information content (AvgIpc) is 2.89. The van der Waals surface area contributed by atoms with Crippen LogP contribution < -0.4 is 14.8 Å². The zero-order chi connectivity index (χ0) is 13.8. The molecular weight excluding hydrogens is 266 g/mol. The van der Waals surface area contributed by atoms with E-state index in [1.165, 1.54) is 0 Å². The molecule has 1 heterocycles. The molecule has 0 saturated carbocycles.